The topological polar surface area (TPSA) is 29.3 Å². The number of rotatable bonds is 9. The molecule has 0 saturated carbocycles. The van der Waals surface area contributed by atoms with Crippen LogP contribution in [0.1, 0.15) is 39.5 Å². The van der Waals surface area contributed by atoms with Crippen molar-refractivity contribution < 1.29 is 0 Å². The summed E-state index contributed by atoms with van der Waals surface area (Å²) in [7, 11) is 2.22. The summed E-state index contributed by atoms with van der Waals surface area (Å²) in [5.74, 6) is 1.20. The molecular weight excluding hydrogens is 204 g/mol. The van der Waals surface area contributed by atoms with Crippen LogP contribution in [0.5, 0.6) is 0 Å². The van der Waals surface area contributed by atoms with E-state index in [1.54, 1.807) is 0 Å². The molecular formula is C12H28N2S. The van der Waals surface area contributed by atoms with Gasteiger partial charge >= 0.3 is 0 Å². The Bertz CT molecular complexity index is 147. The van der Waals surface area contributed by atoms with E-state index >= 15 is 0 Å². The van der Waals surface area contributed by atoms with Gasteiger partial charge in [0.05, 0.1) is 0 Å². The molecule has 0 saturated heterocycles. The van der Waals surface area contributed by atoms with Gasteiger partial charge in [-0.3, -0.25) is 4.90 Å². The molecule has 0 aliphatic carbocycles. The van der Waals surface area contributed by atoms with Crippen LogP contribution in [0.15, 0.2) is 0 Å². The van der Waals surface area contributed by atoms with Crippen molar-refractivity contribution in [2.75, 3.05) is 32.1 Å². The summed E-state index contributed by atoms with van der Waals surface area (Å²) in [6.07, 6.45) is 7.11. The van der Waals surface area contributed by atoms with E-state index in [1.807, 2.05) is 11.8 Å². The van der Waals surface area contributed by atoms with Crippen molar-refractivity contribution in [1.29, 1.82) is 0 Å². The van der Waals surface area contributed by atoms with Crippen LogP contribution in [-0.4, -0.2) is 42.6 Å². The van der Waals surface area contributed by atoms with Crippen molar-refractivity contribution in [2.45, 2.75) is 45.1 Å². The van der Waals surface area contributed by atoms with E-state index in [0.29, 0.717) is 0 Å². The second kappa shape index (κ2) is 8.43. The zero-order chi connectivity index (χ0) is 11.7. The molecule has 92 valence electrons. The van der Waals surface area contributed by atoms with Crippen LogP contribution in [0, 0.1) is 0 Å². The quantitative estimate of drug-likeness (QED) is 0.662. The van der Waals surface area contributed by atoms with Crippen LogP contribution < -0.4 is 5.73 Å². The maximum Gasteiger partial charge on any atom is 0.0326 e. The number of thioether (sulfide) groups is 1. The number of hydrogen-bond acceptors (Lipinski definition) is 3. The van der Waals surface area contributed by atoms with Gasteiger partial charge in [0, 0.05) is 24.4 Å². The Hall–Kier alpha value is 0.270. The molecule has 0 aliphatic heterocycles. The third kappa shape index (κ3) is 4.75. The third-order valence-electron chi connectivity index (χ3n) is 3.47. The van der Waals surface area contributed by atoms with Crippen molar-refractivity contribution in [3.63, 3.8) is 0 Å². The molecule has 0 heterocycles. The van der Waals surface area contributed by atoms with E-state index in [0.717, 1.165) is 19.5 Å². The van der Waals surface area contributed by atoms with Gasteiger partial charge in [-0.25, -0.2) is 0 Å². The highest BCUT2D eigenvalue weighted by Gasteiger charge is 2.29. The second-order valence-corrected chi connectivity index (χ2v) is 5.29. The van der Waals surface area contributed by atoms with Crippen LogP contribution in [-0.2, 0) is 0 Å². The Kier molecular flexibility index (Phi) is 8.58. The largest absolute Gasteiger partial charge is 0.329 e. The predicted octanol–water partition coefficient (Wildman–Crippen LogP) is 2.58. The lowest BCUT2D eigenvalue weighted by atomic mass is 9.88. The summed E-state index contributed by atoms with van der Waals surface area (Å²) in [6, 6.07) is 0. The van der Waals surface area contributed by atoms with Gasteiger partial charge in [-0.1, -0.05) is 26.7 Å². The fourth-order valence-electron chi connectivity index (χ4n) is 2.01. The van der Waals surface area contributed by atoms with Crippen LogP contribution in [0.2, 0.25) is 0 Å². The molecule has 1 atom stereocenters. The molecule has 0 aliphatic rings. The first-order valence-electron chi connectivity index (χ1n) is 6.07. The molecule has 0 aromatic carbocycles. The summed E-state index contributed by atoms with van der Waals surface area (Å²) in [4.78, 5) is 2.47. The van der Waals surface area contributed by atoms with Gasteiger partial charge in [0.15, 0.2) is 0 Å². The Balaban J connectivity index is 4.30. The Morgan fingerprint density at radius 2 is 2.00 bits per heavy atom. The maximum atomic E-state index is 5.98. The average molecular weight is 232 g/mol. The Morgan fingerprint density at radius 3 is 2.40 bits per heavy atom. The maximum absolute atomic E-state index is 5.98. The van der Waals surface area contributed by atoms with Gasteiger partial charge in [0.25, 0.3) is 0 Å². The van der Waals surface area contributed by atoms with Crippen molar-refractivity contribution in [1.82, 2.24) is 4.90 Å². The lowest BCUT2D eigenvalue weighted by molar-refractivity contribution is 0.115. The number of nitrogens with zero attached hydrogens (tertiary/aromatic N) is 1. The third-order valence-corrected chi connectivity index (χ3v) is 4.07. The zero-order valence-corrected chi connectivity index (χ0v) is 11.7. The van der Waals surface area contributed by atoms with Crippen molar-refractivity contribution in [3.05, 3.63) is 0 Å². The predicted molar refractivity (Wildman–Crippen MR) is 72.6 cm³/mol. The summed E-state index contributed by atoms with van der Waals surface area (Å²) < 4.78 is 0. The molecule has 1 unspecified atom stereocenters. The van der Waals surface area contributed by atoms with Gasteiger partial charge in [0.1, 0.15) is 0 Å². The molecule has 0 amide bonds. The van der Waals surface area contributed by atoms with E-state index < -0.39 is 0 Å². The SMILES string of the molecule is CCCCC(CC)(CN)N(C)CCSC. The van der Waals surface area contributed by atoms with Gasteiger partial charge < -0.3 is 5.73 Å². The highest BCUT2D eigenvalue weighted by atomic mass is 32.2. The summed E-state index contributed by atoms with van der Waals surface area (Å²) in [5.41, 5.74) is 6.23. The first-order chi connectivity index (χ1) is 7.16. The number of likely N-dealkylation sites (N-methyl/N-ethyl adjacent to an activating group) is 1. The minimum Gasteiger partial charge on any atom is -0.329 e. The molecule has 0 aromatic heterocycles. The molecule has 3 heteroatoms. The van der Waals surface area contributed by atoms with E-state index in [4.69, 9.17) is 5.73 Å². The lowest BCUT2D eigenvalue weighted by Crippen LogP contribution is -2.52. The number of hydrogen-bond donors (Lipinski definition) is 1. The van der Waals surface area contributed by atoms with E-state index in [2.05, 4.69) is 32.1 Å². The molecule has 2 N–H and O–H groups in total. The molecule has 0 radical (unpaired) electrons. The van der Waals surface area contributed by atoms with Gasteiger partial charge in [-0.2, -0.15) is 11.8 Å². The smallest absolute Gasteiger partial charge is 0.0326 e. The highest BCUT2D eigenvalue weighted by Crippen LogP contribution is 2.24. The minimum atomic E-state index is 0.242. The minimum absolute atomic E-state index is 0.242. The molecule has 15 heavy (non-hydrogen) atoms. The highest BCUT2D eigenvalue weighted by molar-refractivity contribution is 7.98. The van der Waals surface area contributed by atoms with Crippen molar-refractivity contribution in [2.24, 2.45) is 5.73 Å². The summed E-state index contributed by atoms with van der Waals surface area (Å²) in [6.45, 7) is 6.45. The zero-order valence-electron chi connectivity index (χ0n) is 10.9. The number of nitrogens with two attached hydrogens (primary N) is 1. The van der Waals surface area contributed by atoms with Crippen LogP contribution in [0.4, 0.5) is 0 Å². The first kappa shape index (κ1) is 15.3. The molecule has 0 fully saturated rings. The van der Waals surface area contributed by atoms with E-state index in [9.17, 15) is 0 Å². The molecule has 0 aromatic rings. The second-order valence-electron chi connectivity index (χ2n) is 4.30. The summed E-state index contributed by atoms with van der Waals surface area (Å²) >= 11 is 1.91. The Labute approximate surface area is 100.0 Å². The fraction of sp³-hybridized carbons (Fsp3) is 1.00. The van der Waals surface area contributed by atoms with Crippen molar-refractivity contribution in [3.8, 4) is 0 Å². The Morgan fingerprint density at radius 1 is 1.33 bits per heavy atom. The summed E-state index contributed by atoms with van der Waals surface area (Å²) in [5, 5.41) is 0. The normalized spacial score (nSPS) is 15.6. The van der Waals surface area contributed by atoms with Crippen LogP contribution in [0.3, 0.4) is 0 Å². The number of unbranched alkanes of at least 4 members (excludes halogenated alkanes) is 1. The molecule has 0 bridgehead atoms. The molecule has 0 spiro atoms. The van der Waals surface area contributed by atoms with Crippen molar-refractivity contribution >= 4 is 11.8 Å². The van der Waals surface area contributed by atoms with Gasteiger partial charge in [-0.05, 0) is 26.1 Å². The lowest BCUT2D eigenvalue weighted by Gasteiger charge is -2.41. The average Bonchev–Trinajstić information content (AvgIpc) is 2.28. The monoisotopic (exact) mass is 232 g/mol. The molecule has 2 nitrogen and oxygen atoms in total. The molecule has 0 rings (SSSR count). The standard InChI is InChI=1S/C12H28N2S/c1-5-7-8-12(6-2,11-13)14(3)9-10-15-4/h5-11,13H2,1-4H3. The van der Waals surface area contributed by atoms with E-state index in [1.165, 1.54) is 25.0 Å². The fourth-order valence-corrected chi connectivity index (χ4v) is 2.47. The first-order valence-corrected chi connectivity index (χ1v) is 7.46. The van der Waals surface area contributed by atoms with Crippen LogP contribution in [0.25, 0.3) is 0 Å². The van der Waals surface area contributed by atoms with Gasteiger partial charge in [-0.15, -0.1) is 0 Å². The van der Waals surface area contributed by atoms with E-state index in [-0.39, 0.29) is 5.54 Å². The van der Waals surface area contributed by atoms with Gasteiger partial charge in [0.2, 0.25) is 0 Å². The van der Waals surface area contributed by atoms with Crippen LogP contribution >= 0.6 is 11.8 Å².